The summed E-state index contributed by atoms with van der Waals surface area (Å²) in [4.78, 5) is 16.3. The van der Waals surface area contributed by atoms with Gasteiger partial charge in [-0.1, -0.05) is 18.2 Å². The largest absolute Gasteiger partial charge is 0.496 e. The number of nitrogens with zero attached hydrogens (tertiary/aromatic N) is 1. The highest BCUT2D eigenvalue weighted by Crippen LogP contribution is 2.31. The number of halogens is 2. The molecule has 0 unspecified atom stereocenters. The molecule has 0 fully saturated rings. The molecule has 3 rings (SSSR count). The molecule has 0 atom stereocenters. The zero-order valence-corrected chi connectivity index (χ0v) is 14.4. The van der Waals surface area contributed by atoms with Gasteiger partial charge in [-0.3, -0.25) is 0 Å². The number of hydrogen-bond acceptors (Lipinski definition) is 6. The van der Waals surface area contributed by atoms with Crippen LogP contribution in [0, 0.1) is 0 Å². The van der Waals surface area contributed by atoms with Crippen LogP contribution in [0.25, 0.3) is 6.08 Å². The van der Waals surface area contributed by atoms with Crippen LogP contribution in [-0.4, -0.2) is 32.7 Å². The molecule has 0 aliphatic carbocycles. The Morgan fingerprint density at radius 2 is 1.78 bits per heavy atom. The number of carbonyl (C=O) groups excluding carboxylic acids is 1. The van der Waals surface area contributed by atoms with Gasteiger partial charge in [0.2, 0.25) is 5.90 Å². The van der Waals surface area contributed by atoms with Crippen LogP contribution in [-0.2, 0) is 9.53 Å². The van der Waals surface area contributed by atoms with Crippen LogP contribution in [0.3, 0.4) is 0 Å². The summed E-state index contributed by atoms with van der Waals surface area (Å²) in [6.45, 7) is -2.98. The van der Waals surface area contributed by atoms with E-state index in [1.54, 1.807) is 30.3 Å². The van der Waals surface area contributed by atoms with Gasteiger partial charge in [0, 0.05) is 11.1 Å². The van der Waals surface area contributed by atoms with Crippen molar-refractivity contribution in [2.24, 2.45) is 4.99 Å². The first-order valence-electron chi connectivity index (χ1n) is 7.80. The molecule has 0 N–H and O–H groups in total. The Labute approximate surface area is 153 Å². The molecule has 27 heavy (non-hydrogen) atoms. The highest BCUT2D eigenvalue weighted by Gasteiger charge is 2.25. The van der Waals surface area contributed by atoms with Gasteiger partial charge in [-0.15, -0.1) is 0 Å². The number of para-hydroxylation sites is 1. The van der Waals surface area contributed by atoms with Crippen molar-refractivity contribution < 1.29 is 32.5 Å². The molecule has 1 heterocycles. The Hall–Kier alpha value is -3.42. The van der Waals surface area contributed by atoms with Crippen molar-refractivity contribution in [1.29, 1.82) is 0 Å². The van der Waals surface area contributed by atoms with Crippen LogP contribution in [0.4, 0.5) is 8.78 Å². The predicted octanol–water partition coefficient (Wildman–Crippen LogP) is 3.65. The molecule has 1 aliphatic rings. The van der Waals surface area contributed by atoms with Gasteiger partial charge in [0.25, 0.3) is 0 Å². The topological polar surface area (TPSA) is 66.3 Å². The van der Waals surface area contributed by atoms with Gasteiger partial charge in [0.15, 0.2) is 17.2 Å². The SMILES string of the molecule is COc1ccccc1C=C1N=C(c2ccc(OC(F)F)c(OC)c2)OC1=O. The predicted molar refractivity (Wildman–Crippen MR) is 93.2 cm³/mol. The van der Waals surface area contributed by atoms with Crippen molar-refractivity contribution in [3.8, 4) is 17.2 Å². The van der Waals surface area contributed by atoms with Gasteiger partial charge in [-0.25, -0.2) is 9.79 Å². The van der Waals surface area contributed by atoms with Crippen molar-refractivity contribution in [2.45, 2.75) is 6.61 Å². The number of methoxy groups -OCH3 is 2. The number of cyclic esters (lactones) is 1. The monoisotopic (exact) mass is 375 g/mol. The highest BCUT2D eigenvalue weighted by molar-refractivity contribution is 6.13. The van der Waals surface area contributed by atoms with E-state index in [9.17, 15) is 13.6 Å². The third-order valence-corrected chi connectivity index (χ3v) is 3.68. The van der Waals surface area contributed by atoms with Crippen molar-refractivity contribution in [3.05, 3.63) is 59.3 Å². The van der Waals surface area contributed by atoms with Crippen LogP contribution in [0.2, 0.25) is 0 Å². The Morgan fingerprint density at radius 1 is 1.04 bits per heavy atom. The number of carbonyl (C=O) groups is 1. The van der Waals surface area contributed by atoms with Gasteiger partial charge < -0.3 is 18.9 Å². The number of rotatable bonds is 6. The van der Waals surface area contributed by atoms with E-state index in [1.165, 1.54) is 32.4 Å². The molecular weight excluding hydrogens is 360 g/mol. The molecule has 0 saturated carbocycles. The fourth-order valence-corrected chi connectivity index (χ4v) is 2.46. The molecule has 0 bridgehead atoms. The zero-order chi connectivity index (χ0) is 19.4. The first kappa shape index (κ1) is 18.4. The fourth-order valence-electron chi connectivity index (χ4n) is 2.46. The number of ether oxygens (including phenoxy) is 4. The number of aliphatic imine (C=N–C) groups is 1. The van der Waals surface area contributed by atoms with Crippen LogP contribution in [0.1, 0.15) is 11.1 Å². The molecule has 1 aliphatic heterocycles. The summed E-state index contributed by atoms with van der Waals surface area (Å²) >= 11 is 0. The number of alkyl halides is 2. The molecule has 8 heteroatoms. The summed E-state index contributed by atoms with van der Waals surface area (Å²) < 4.78 is 44.7. The van der Waals surface area contributed by atoms with E-state index in [4.69, 9.17) is 14.2 Å². The Balaban J connectivity index is 1.93. The minimum Gasteiger partial charge on any atom is -0.496 e. The summed E-state index contributed by atoms with van der Waals surface area (Å²) in [6.07, 6.45) is 1.54. The minimum absolute atomic E-state index is 0.0306. The van der Waals surface area contributed by atoms with E-state index in [1.807, 2.05) is 0 Å². The molecule has 140 valence electrons. The van der Waals surface area contributed by atoms with E-state index in [0.717, 1.165) is 0 Å². The molecule has 6 nitrogen and oxygen atoms in total. The lowest BCUT2D eigenvalue weighted by molar-refractivity contribution is -0.129. The lowest BCUT2D eigenvalue weighted by atomic mass is 10.1. The van der Waals surface area contributed by atoms with Crippen molar-refractivity contribution >= 4 is 17.9 Å². The summed E-state index contributed by atoms with van der Waals surface area (Å²) in [7, 11) is 2.83. The Bertz CT molecular complexity index is 924. The van der Waals surface area contributed by atoms with E-state index in [-0.39, 0.29) is 23.1 Å². The quantitative estimate of drug-likeness (QED) is 0.570. The molecule has 0 aromatic heterocycles. The van der Waals surface area contributed by atoms with Gasteiger partial charge >= 0.3 is 12.6 Å². The smallest absolute Gasteiger partial charge is 0.387 e. The van der Waals surface area contributed by atoms with E-state index in [0.29, 0.717) is 16.9 Å². The number of hydrogen-bond donors (Lipinski definition) is 0. The van der Waals surface area contributed by atoms with Crippen LogP contribution >= 0.6 is 0 Å². The van der Waals surface area contributed by atoms with Gasteiger partial charge in [-0.2, -0.15) is 8.78 Å². The molecule has 2 aromatic carbocycles. The molecule has 0 saturated heterocycles. The first-order valence-corrected chi connectivity index (χ1v) is 7.80. The lowest BCUT2D eigenvalue weighted by Crippen LogP contribution is -2.07. The Kier molecular flexibility index (Phi) is 5.35. The van der Waals surface area contributed by atoms with E-state index >= 15 is 0 Å². The number of benzene rings is 2. The fraction of sp³-hybridized carbons (Fsp3) is 0.158. The third kappa shape index (κ3) is 4.05. The summed E-state index contributed by atoms with van der Waals surface area (Å²) in [6, 6.07) is 11.3. The molecular formula is C19H15F2NO5. The summed E-state index contributed by atoms with van der Waals surface area (Å²) in [5.41, 5.74) is 1.13. The third-order valence-electron chi connectivity index (χ3n) is 3.68. The van der Waals surface area contributed by atoms with Gasteiger partial charge in [0.1, 0.15) is 5.75 Å². The second-order valence-corrected chi connectivity index (χ2v) is 5.32. The van der Waals surface area contributed by atoms with E-state index < -0.39 is 12.6 Å². The average molecular weight is 375 g/mol. The Morgan fingerprint density at radius 3 is 2.48 bits per heavy atom. The summed E-state index contributed by atoms with van der Waals surface area (Å²) in [5.74, 6) is -0.0953. The molecule has 0 amide bonds. The second kappa shape index (κ2) is 7.86. The first-order chi connectivity index (χ1) is 13.0. The van der Waals surface area contributed by atoms with Crippen molar-refractivity contribution in [2.75, 3.05) is 14.2 Å². The molecule has 0 radical (unpaired) electrons. The highest BCUT2D eigenvalue weighted by atomic mass is 19.3. The molecule has 2 aromatic rings. The summed E-state index contributed by atoms with van der Waals surface area (Å²) in [5, 5.41) is 0. The number of esters is 1. The van der Waals surface area contributed by atoms with Crippen LogP contribution in [0.15, 0.2) is 53.2 Å². The molecule has 0 spiro atoms. The van der Waals surface area contributed by atoms with Gasteiger partial charge in [0.05, 0.1) is 14.2 Å². The normalized spacial score (nSPS) is 14.9. The average Bonchev–Trinajstić information content (AvgIpc) is 3.02. The second-order valence-electron chi connectivity index (χ2n) is 5.32. The minimum atomic E-state index is -2.98. The van der Waals surface area contributed by atoms with E-state index in [2.05, 4.69) is 9.73 Å². The van der Waals surface area contributed by atoms with Crippen molar-refractivity contribution in [3.63, 3.8) is 0 Å². The maximum Gasteiger partial charge on any atom is 0.387 e. The van der Waals surface area contributed by atoms with Crippen LogP contribution < -0.4 is 14.2 Å². The lowest BCUT2D eigenvalue weighted by Gasteiger charge is -2.10. The standard InChI is InChI=1S/C19H15F2NO5/c1-24-14-6-4-3-5-11(14)9-13-18(23)27-17(22-13)12-7-8-15(26-19(20)21)16(10-12)25-2/h3-10,19H,1-2H3. The maximum absolute atomic E-state index is 12.4. The van der Waals surface area contributed by atoms with Gasteiger partial charge in [-0.05, 0) is 30.3 Å². The zero-order valence-electron chi connectivity index (χ0n) is 14.4. The van der Waals surface area contributed by atoms with Crippen molar-refractivity contribution in [1.82, 2.24) is 0 Å². The van der Waals surface area contributed by atoms with Crippen LogP contribution in [0.5, 0.6) is 17.2 Å². The maximum atomic E-state index is 12.4.